The summed E-state index contributed by atoms with van der Waals surface area (Å²) in [6, 6.07) is 35.9. The number of carbonyl (C=O) groups excluding carboxylic acids is 2. The number of piperidine rings is 1. The minimum atomic E-state index is -0.250. The van der Waals surface area contributed by atoms with Crippen molar-refractivity contribution in [1.29, 1.82) is 0 Å². The molecular formula is C44H40N4O5. The summed E-state index contributed by atoms with van der Waals surface area (Å²) < 4.78 is 13.7. The lowest BCUT2D eigenvalue weighted by Gasteiger charge is -2.40. The first-order valence-corrected chi connectivity index (χ1v) is 18.3. The highest BCUT2D eigenvalue weighted by molar-refractivity contribution is 6.17. The van der Waals surface area contributed by atoms with E-state index in [0.29, 0.717) is 46.2 Å². The van der Waals surface area contributed by atoms with E-state index in [-0.39, 0.29) is 30.4 Å². The topological polar surface area (TPSA) is 87.5 Å². The largest absolute Gasteiger partial charge is 0.508 e. The van der Waals surface area contributed by atoms with Gasteiger partial charge in [0, 0.05) is 48.2 Å². The normalized spacial score (nSPS) is 16.8. The molecule has 266 valence electrons. The number of benzene rings is 5. The highest BCUT2D eigenvalue weighted by Gasteiger charge is 2.35. The first kappa shape index (κ1) is 32.8. The van der Waals surface area contributed by atoms with Gasteiger partial charge in [-0.05, 0) is 92.0 Å². The first-order chi connectivity index (χ1) is 26.0. The number of rotatable bonds is 7. The number of ether oxygens (including phenoxy) is 2. The van der Waals surface area contributed by atoms with Crippen LogP contribution in [0.1, 0.15) is 51.1 Å². The third kappa shape index (κ3) is 6.17. The second kappa shape index (κ2) is 13.8. The maximum Gasteiger partial charge on any atom is 0.265 e. The third-order valence-electron chi connectivity index (χ3n) is 10.8. The van der Waals surface area contributed by atoms with E-state index in [2.05, 4.69) is 23.1 Å². The van der Waals surface area contributed by atoms with Crippen molar-refractivity contribution in [2.45, 2.75) is 38.3 Å². The Bertz CT molecular complexity index is 2310. The molecule has 5 aromatic carbocycles. The maximum atomic E-state index is 15.1. The molecule has 0 spiro atoms. The van der Waals surface area contributed by atoms with Gasteiger partial charge in [-0.3, -0.25) is 14.5 Å². The molecule has 0 unspecified atom stereocenters. The number of hydrogen-bond donors (Lipinski definition) is 1. The van der Waals surface area contributed by atoms with Crippen molar-refractivity contribution in [3.8, 4) is 22.9 Å². The Labute approximate surface area is 308 Å². The predicted octanol–water partition coefficient (Wildman–Crippen LogP) is 8.10. The Morgan fingerprint density at radius 2 is 1.42 bits per heavy atom. The zero-order valence-corrected chi connectivity index (χ0v) is 29.4. The summed E-state index contributed by atoms with van der Waals surface area (Å²) in [6.07, 6.45) is 6.23. The Hall–Kier alpha value is -6.06. The van der Waals surface area contributed by atoms with Crippen molar-refractivity contribution in [2.24, 2.45) is 0 Å². The van der Waals surface area contributed by atoms with E-state index in [1.54, 1.807) is 35.2 Å². The van der Waals surface area contributed by atoms with E-state index < -0.39 is 0 Å². The monoisotopic (exact) mass is 704 g/mol. The van der Waals surface area contributed by atoms with Crippen molar-refractivity contribution < 1.29 is 24.2 Å². The lowest BCUT2D eigenvalue weighted by Crippen LogP contribution is -2.51. The number of nitrogens with zero attached hydrogens (tertiary/aromatic N) is 4. The van der Waals surface area contributed by atoms with Crippen molar-refractivity contribution in [2.75, 3.05) is 31.3 Å². The zero-order valence-electron chi connectivity index (χ0n) is 29.4. The molecule has 3 aliphatic rings. The molecule has 9 nitrogen and oxygen atoms in total. The average molecular weight is 705 g/mol. The summed E-state index contributed by atoms with van der Waals surface area (Å²) in [5.41, 5.74) is 6.08. The number of carbonyl (C=O) groups is 2. The van der Waals surface area contributed by atoms with Gasteiger partial charge < -0.3 is 28.9 Å². The molecule has 9 heteroatoms. The number of amides is 2. The summed E-state index contributed by atoms with van der Waals surface area (Å²) in [5, 5.41) is 10.8. The minimum absolute atomic E-state index is 0.00272. The van der Waals surface area contributed by atoms with Crippen LogP contribution in [0.5, 0.6) is 17.2 Å². The van der Waals surface area contributed by atoms with Crippen LogP contribution < -0.4 is 14.4 Å². The highest BCUT2D eigenvalue weighted by Crippen LogP contribution is 2.40. The van der Waals surface area contributed by atoms with E-state index in [1.807, 2.05) is 82.4 Å². The molecule has 1 N–H and O–H groups in total. The van der Waals surface area contributed by atoms with E-state index in [1.165, 1.54) is 24.8 Å². The molecular weight excluding hydrogens is 665 g/mol. The lowest BCUT2D eigenvalue weighted by molar-refractivity contribution is 0.0565. The molecule has 1 atom stereocenters. The second-order valence-corrected chi connectivity index (χ2v) is 14.1. The Kier molecular flexibility index (Phi) is 8.56. The van der Waals surface area contributed by atoms with Gasteiger partial charge in [-0.1, -0.05) is 67.1 Å². The molecule has 9 rings (SSSR count). The van der Waals surface area contributed by atoms with Gasteiger partial charge in [0.1, 0.15) is 5.75 Å². The molecule has 1 fully saturated rings. The maximum absolute atomic E-state index is 15.1. The number of aromatic hydroxyl groups is 1. The van der Waals surface area contributed by atoms with Gasteiger partial charge in [-0.2, -0.15) is 0 Å². The molecule has 2 amide bonds. The molecule has 3 aliphatic heterocycles. The molecule has 0 aliphatic carbocycles. The first-order valence-electron chi connectivity index (χ1n) is 18.3. The zero-order chi connectivity index (χ0) is 35.9. The van der Waals surface area contributed by atoms with Gasteiger partial charge in [-0.15, -0.1) is 0 Å². The highest BCUT2D eigenvalue weighted by atomic mass is 16.7. The summed E-state index contributed by atoms with van der Waals surface area (Å²) in [5.74, 6) is 0.847. The summed E-state index contributed by atoms with van der Waals surface area (Å²) in [6.45, 7) is 3.49. The van der Waals surface area contributed by atoms with Gasteiger partial charge in [0.2, 0.25) is 6.79 Å². The van der Waals surface area contributed by atoms with E-state index in [0.717, 1.165) is 42.5 Å². The van der Waals surface area contributed by atoms with Crippen LogP contribution in [-0.4, -0.2) is 63.8 Å². The number of aromatic nitrogens is 1. The predicted molar refractivity (Wildman–Crippen MR) is 205 cm³/mol. The van der Waals surface area contributed by atoms with Gasteiger partial charge in [0.15, 0.2) is 11.5 Å². The van der Waals surface area contributed by atoms with Crippen molar-refractivity contribution >= 4 is 34.1 Å². The molecule has 0 bridgehead atoms. The number of hydrogen-bond acceptors (Lipinski definition) is 6. The van der Waals surface area contributed by atoms with Crippen molar-refractivity contribution in [1.82, 2.24) is 14.4 Å². The molecule has 0 radical (unpaired) electrons. The quantitative estimate of drug-likeness (QED) is 0.181. The van der Waals surface area contributed by atoms with Crippen LogP contribution in [0.4, 0.5) is 11.4 Å². The van der Waals surface area contributed by atoms with Gasteiger partial charge >= 0.3 is 0 Å². The standard InChI is InChI=1S/C44H40N4O5/c49-35-19-17-33(18-20-35)48(32-13-3-1-4-14-32)44(51)38-28-47(39-16-8-7-15-36(38)39)40-25-42-41(52-29-53-42)24-37(40)43(50)46-26-31-12-6-5-11-30(31)23-34(46)27-45-21-9-2-10-22-45/h1,3-8,11-20,24-25,28,34,49H,2,9-10,21-23,26-27,29H2/t34-/m0/s1. The number of likely N-dealkylation sites (tertiary alicyclic amines) is 1. The summed E-state index contributed by atoms with van der Waals surface area (Å²) in [4.78, 5) is 36.2. The van der Waals surface area contributed by atoms with Crippen LogP contribution >= 0.6 is 0 Å². The van der Waals surface area contributed by atoms with E-state index in [4.69, 9.17) is 9.47 Å². The van der Waals surface area contributed by atoms with Gasteiger partial charge in [0.25, 0.3) is 11.8 Å². The van der Waals surface area contributed by atoms with Crippen molar-refractivity contribution in [3.05, 3.63) is 144 Å². The molecule has 4 heterocycles. The van der Waals surface area contributed by atoms with Crippen LogP contribution in [0.15, 0.2) is 121 Å². The fourth-order valence-corrected chi connectivity index (χ4v) is 8.12. The van der Waals surface area contributed by atoms with Crippen LogP contribution in [0.2, 0.25) is 0 Å². The lowest BCUT2D eigenvalue weighted by atomic mass is 9.92. The number of para-hydroxylation sites is 2. The fraction of sp³-hybridized carbons (Fsp3) is 0.227. The molecule has 0 saturated carbocycles. The molecule has 53 heavy (non-hydrogen) atoms. The fourth-order valence-electron chi connectivity index (χ4n) is 8.12. The Morgan fingerprint density at radius 3 is 2.21 bits per heavy atom. The number of phenols is 1. The van der Waals surface area contributed by atoms with Crippen LogP contribution in [0.25, 0.3) is 16.6 Å². The van der Waals surface area contributed by atoms with Crippen LogP contribution in [0, 0.1) is 0 Å². The van der Waals surface area contributed by atoms with Crippen molar-refractivity contribution in [3.63, 3.8) is 0 Å². The minimum Gasteiger partial charge on any atom is -0.508 e. The smallest absolute Gasteiger partial charge is 0.265 e. The number of anilines is 2. The molecule has 1 saturated heterocycles. The third-order valence-corrected chi connectivity index (χ3v) is 10.8. The average Bonchev–Trinajstić information content (AvgIpc) is 3.83. The molecule has 1 aromatic heterocycles. The number of fused-ring (bicyclic) bond motifs is 3. The van der Waals surface area contributed by atoms with Gasteiger partial charge in [0.05, 0.1) is 22.3 Å². The molecule has 6 aromatic rings. The summed E-state index contributed by atoms with van der Waals surface area (Å²) >= 11 is 0. The van der Waals surface area contributed by atoms with E-state index >= 15 is 4.79 Å². The van der Waals surface area contributed by atoms with Crippen LogP contribution in [0.3, 0.4) is 0 Å². The SMILES string of the molecule is O=C(c1cn(-c2cc3c(cc2C(=O)N2Cc4ccccc4C[C@H]2CN2CCCCC2)OCO3)c2ccccc12)N(c1ccccc1)c1ccc(O)cc1. The summed E-state index contributed by atoms with van der Waals surface area (Å²) in [7, 11) is 0. The Balaban J connectivity index is 1.16. The van der Waals surface area contributed by atoms with Crippen LogP contribution in [-0.2, 0) is 13.0 Å². The van der Waals surface area contributed by atoms with Gasteiger partial charge in [-0.25, -0.2) is 0 Å². The number of phenolic OH excluding ortho intramolecular Hbond substituents is 1. The second-order valence-electron chi connectivity index (χ2n) is 14.1. The Morgan fingerprint density at radius 1 is 0.736 bits per heavy atom. The van der Waals surface area contributed by atoms with E-state index in [9.17, 15) is 9.90 Å².